The fraction of sp³-hybridized carbons (Fsp3) is 0.533. The van der Waals surface area contributed by atoms with Crippen molar-refractivity contribution >= 4 is 17.3 Å². The molecule has 5 nitrogen and oxygen atoms in total. The van der Waals surface area contributed by atoms with Crippen molar-refractivity contribution in [2.75, 3.05) is 37.3 Å². The van der Waals surface area contributed by atoms with Gasteiger partial charge in [-0.25, -0.2) is 0 Å². The molecule has 1 fully saturated rings. The molecule has 1 aliphatic heterocycles. The highest BCUT2D eigenvalue weighted by Crippen LogP contribution is 2.25. The van der Waals surface area contributed by atoms with Gasteiger partial charge in [0.1, 0.15) is 6.04 Å². The lowest BCUT2D eigenvalue weighted by Crippen LogP contribution is -2.47. The number of nitrogens with one attached hydrogen (secondary N) is 3. The molecule has 1 aromatic carbocycles. The molecule has 1 unspecified atom stereocenters. The van der Waals surface area contributed by atoms with Crippen LogP contribution in [0.4, 0.5) is 11.4 Å². The lowest BCUT2D eigenvalue weighted by atomic mass is 10.1. The van der Waals surface area contributed by atoms with Crippen LogP contribution in [0.2, 0.25) is 0 Å². The van der Waals surface area contributed by atoms with E-state index in [9.17, 15) is 4.79 Å². The first-order chi connectivity index (χ1) is 9.74. The predicted octanol–water partition coefficient (Wildman–Crippen LogP) is 1.10. The maximum Gasteiger partial charge on any atom is 0.244 e. The molecular formula is C15H22N4O. The first kappa shape index (κ1) is 13.2. The fourth-order valence-electron chi connectivity index (χ4n) is 2.55. The number of anilines is 2. The first-order valence-electron chi connectivity index (χ1n) is 7.31. The van der Waals surface area contributed by atoms with Crippen LogP contribution in [0.5, 0.6) is 0 Å². The van der Waals surface area contributed by atoms with Gasteiger partial charge in [-0.2, -0.15) is 0 Å². The van der Waals surface area contributed by atoms with Gasteiger partial charge in [-0.3, -0.25) is 4.79 Å². The third kappa shape index (κ3) is 3.04. The molecule has 0 saturated heterocycles. The van der Waals surface area contributed by atoms with E-state index in [-0.39, 0.29) is 11.9 Å². The highest BCUT2D eigenvalue weighted by Gasteiger charge is 2.26. The summed E-state index contributed by atoms with van der Waals surface area (Å²) in [6.45, 7) is 2.26. The average molecular weight is 274 g/mol. The van der Waals surface area contributed by atoms with Crippen LogP contribution in [0.3, 0.4) is 0 Å². The zero-order chi connectivity index (χ0) is 13.9. The molecule has 20 heavy (non-hydrogen) atoms. The molecule has 1 saturated carbocycles. The third-order valence-corrected chi connectivity index (χ3v) is 4.00. The minimum Gasteiger partial charge on any atom is -0.381 e. The van der Waals surface area contributed by atoms with Crippen LogP contribution in [0.1, 0.15) is 12.8 Å². The summed E-state index contributed by atoms with van der Waals surface area (Å²) < 4.78 is 0. The summed E-state index contributed by atoms with van der Waals surface area (Å²) in [5.41, 5.74) is 2.05. The van der Waals surface area contributed by atoms with Crippen LogP contribution < -0.4 is 16.0 Å². The third-order valence-electron chi connectivity index (χ3n) is 4.00. The molecule has 2 aliphatic rings. The fourth-order valence-corrected chi connectivity index (χ4v) is 2.55. The molecule has 5 heteroatoms. The smallest absolute Gasteiger partial charge is 0.244 e. The molecule has 0 spiro atoms. The molecule has 1 atom stereocenters. The topological polar surface area (TPSA) is 56.4 Å². The summed E-state index contributed by atoms with van der Waals surface area (Å²) in [7, 11) is 2.13. The van der Waals surface area contributed by atoms with Crippen molar-refractivity contribution in [3.05, 3.63) is 24.3 Å². The number of nitrogens with zero attached hydrogens (tertiary/aromatic N) is 1. The Balaban J connectivity index is 1.46. The summed E-state index contributed by atoms with van der Waals surface area (Å²) in [4.78, 5) is 14.5. The Morgan fingerprint density at radius 2 is 2.10 bits per heavy atom. The summed E-state index contributed by atoms with van der Waals surface area (Å²) in [5.74, 6) is 0.0659. The molecule has 1 heterocycles. The number of para-hydroxylation sites is 2. The highest BCUT2D eigenvalue weighted by molar-refractivity contribution is 5.88. The summed E-state index contributed by atoms with van der Waals surface area (Å²) >= 11 is 0. The Kier molecular flexibility index (Phi) is 3.78. The standard InChI is InChI=1S/C15H22N4O/c1-19(11-6-7-11)9-8-16-15(20)14-10-17-12-4-2-3-5-13(12)18-14/h2-5,11,14,17-18H,6-10H2,1H3,(H,16,20). The number of benzene rings is 1. The van der Waals surface area contributed by atoms with Crippen molar-refractivity contribution in [2.45, 2.75) is 24.9 Å². The Hall–Kier alpha value is -1.75. The van der Waals surface area contributed by atoms with E-state index in [4.69, 9.17) is 0 Å². The first-order valence-corrected chi connectivity index (χ1v) is 7.31. The number of fused-ring (bicyclic) bond motifs is 1. The van der Waals surface area contributed by atoms with Crippen molar-refractivity contribution in [1.29, 1.82) is 0 Å². The predicted molar refractivity (Wildman–Crippen MR) is 81.0 cm³/mol. The average Bonchev–Trinajstić information content (AvgIpc) is 3.31. The molecule has 3 rings (SSSR count). The van der Waals surface area contributed by atoms with Gasteiger partial charge in [0.25, 0.3) is 0 Å². The van der Waals surface area contributed by atoms with Crippen molar-refractivity contribution in [1.82, 2.24) is 10.2 Å². The molecule has 1 amide bonds. The van der Waals surface area contributed by atoms with E-state index in [0.717, 1.165) is 24.0 Å². The minimum absolute atomic E-state index is 0.0659. The Labute approximate surface area is 119 Å². The lowest BCUT2D eigenvalue weighted by molar-refractivity contribution is -0.121. The molecule has 108 valence electrons. The van der Waals surface area contributed by atoms with Gasteiger partial charge in [0.15, 0.2) is 0 Å². The Bertz CT molecular complexity index is 487. The Morgan fingerprint density at radius 3 is 2.85 bits per heavy atom. The number of rotatable bonds is 5. The molecule has 1 aliphatic carbocycles. The number of hydrogen-bond acceptors (Lipinski definition) is 4. The molecule has 1 aromatic rings. The van der Waals surface area contributed by atoms with E-state index >= 15 is 0 Å². The maximum atomic E-state index is 12.1. The molecule has 0 bridgehead atoms. The van der Waals surface area contributed by atoms with Crippen LogP contribution in [0.25, 0.3) is 0 Å². The van der Waals surface area contributed by atoms with E-state index in [1.807, 2.05) is 24.3 Å². The normalized spacial score (nSPS) is 20.8. The van der Waals surface area contributed by atoms with Gasteiger partial charge < -0.3 is 20.9 Å². The minimum atomic E-state index is -0.198. The largest absolute Gasteiger partial charge is 0.381 e. The second kappa shape index (κ2) is 5.71. The van der Waals surface area contributed by atoms with Gasteiger partial charge in [-0.1, -0.05) is 12.1 Å². The van der Waals surface area contributed by atoms with Gasteiger partial charge >= 0.3 is 0 Å². The van der Waals surface area contributed by atoms with E-state index in [0.29, 0.717) is 13.1 Å². The summed E-state index contributed by atoms with van der Waals surface area (Å²) in [5, 5.41) is 9.58. The quantitative estimate of drug-likeness (QED) is 0.753. The van der Waals surface area contributed by atoms with Gasteiger partial charge in [0.2, 0.25) is 5.91 Å². The number of carbonyl (C=O) groups excluding carboxylic acids is 1. The monoisotopic (exact) mass is 274 g/mol. The zero-order valence-corrected chi connectivity index (χ0v) is 11.9. The number of carbonyl (C=O) groups is 1. The molecular weight excluding hydrogens is 252 g/mol. The van der Waals surface area contributed by atoms with Gasteiger partial charge in [-0.05, 0) is 32.0 Å². The Morgan fingerprint density at radius 1 is 1.35 bits per heavy atom. The maximum absolute atomic E-state index is 12.1. The molecule has 0 aromatic heterocycles. The summed E-state index contributed by atoms with van der Waals surface area (Å²) in [6.07, 6.45) is 2.60. The van der Waals surface area contributed by atoms with Crippen molar-refractivity contribution < 1.29 is 4.79 Å². The van der Waals surface area contributed by atoms with E-state index in [1.54, 1.807) is 0 Å². The van der Waals surface area contributed by atoms with Crippen molar-refractivity contribution in [2.24, 2.45) is 0 Å². The summed E-state index contributed by atoms with van der Waals surface area (Å²) in [6, 6.07) is 8.51. The van der Waals surface area contributed by atoms with E-state index in [1.165, 1.54) is 12.8 Å². The van der Waals surface area contributed by atoms with Crippen LogP contribution in [0, 0.1) is 0 Å². The number of hydrogen-bond donors (Lipinski definition) is 3. The number of amides is 1. The van der Waals surface area contributed by atoms with Crippen molar-refractivity contribution in [3.8, 4) is 0 Å². The van der Waals surface area contributed by atoms with E-state index < -0.39 is 0 Å². The van der Waals surface area contributed by atoms with Gasteiger partial charge in [0.05, 0.1) is 11.4 Å². The van der Waals surface area contributed by atoms with Crippen LogP contribution in [0.15, 0.2) is 24.3 Å². The number of likely N-dealkylation sites (N-methyl/N-ethyl adjacent to an activating group) is 1. The SMILES string of the molecule is CN(CCNC(=O)C1CNc2ccccc2N1)C1CC1. The lowest BCUT2D eigenvalue weighted by Gasteiger charge is -2.27. The van der Waals surface area contributed by atoms with Crippen molar-refractivity contribution in [3.63, 3.8) is 0 Å². The van der Waals surface area contributed by atoms with Crippen LogP contribution in [-0.4, -0.2) is 49.6 Å². The van der Waals surface area contributed by atoms with Gasteiger partial charge in [0, 0.05) is 25.7 Å². The van der Waals surface area contributed by atoms with Crippen LogP contribution in [-0.2, 0) is 4.79 Å². The molecule has 3 N–H and O–H groups in total. The second-order valence-corrected chi connectivity index (χ2v) is 5.63. The van der Waals surface area contributed by atoms with E-state index in [2.05, 4.69) is 27.9 Å². The van der Waals surface area contributed by atoms with Crippen LogP contribution >= 0.6 is 0 Å². The molecule has 0 radical (unpaired) electrons. The second-order valence-electron chi connectivity index (χ2n) is 5.63. The van der Waals surface area contributed by atoms with Gasteiger partial charge in [-0.15, -0.1) is 0 Å². The highest BCUT2D eigenvalue weighted by atomic mass is 16.2. The zero-order valence-electron chi connectivity index (χ0n) is 11.9.